The normalized spacial score (nSPS) is 25.0. The number of aryl methyl sites for hydroxylation is 1. The highest BCUT2D eigenvalue weighted by Crippen LogP contribution is 2.45. The number of methoxy groups -OCH3 is 1. The van der Waals surface area contributed by atoms with Crippen molar-refractivity contribution in [3.63, 3.8) is 0 Å². The summed E-state index contributed by atoms with van der Waals surface area (Å²) in [5.74, 6) is 2.06. The van der Waals surface area contributed by atoms with E-state index in [2.05, 4.69) is 30.1 Å². The van der Waals surface area contributed by atoms with E-state index in [0.717, 1.165) is 30.7 Å². The highest BCUT2D eigenvalue weighted by atomic mass is 35.5. The first-order valence-corrected chi connectivity index (χ1v) is 8.77. The van der Waals surface area contributed by atoms with Gasteiger partial charge in [-0.2, -0.15) is 0 Å². The van der Waals surface area contributed by atoms with Crippen LogP contribution in [0.5, 0.6) is 5.75 Å². The molecule has 0 saturated carbocycles. The first kappa shape index (κ1) is 18.2. The van der Waals surface area contributed by atoms with Crippen LogP contribution < -0.4 is 4.74 Å². The number of hydrogen-bond acceptors (Lipinski definition) is 2. The summed E-state index contributed by atoms with van der Waals surface area (Å²) in [5.41, 5.74) is 4.03. The molecule has 0 bridgehead atoms. The largest absolute Gasteiger partial charge is 0.497 e. The van der Waals surface area contributed by atoms with E-state index in [4.69, 9.17) is 4.74 Å². The number of likely N-dealkylation sites (tertiary alicyclic amines) is 1. The SMILES string of the molecule is COc1ccc2c(c1)CCC1[C@@H]2CN(C)[C@@H]1Cc1cccc(F)c1.Cl. The maximum Gasteiger partial charge on any atom is 0.123 e. The molecule has 2 aromatic rings. The number of ether oxygens (including phenoxy) is 1. The predicted molar refractivity (Wildman–Crippen MR) is 101 cm³/mol. The van der Waals surface area contributed by atoms with E-state index in [9.17, 15) is 4.39 Å². The van der Waals surface area contributed by atoms with E-state index in [1.807, 2.05) is 12.1 Å². The van der Waals surface area contributed by atoms with Crippen molar-refractivity contribution < 1.29 is 9.13 Å². The Balaban J connectivity index is 0.00000182. The molecule has 0 amide bonds. The van der Waals surface area contributed by atoms with Crippen molar-refractivity contribution in [2.45, 2.75) is 31.2 Å². The fourth-order valence-corrected chi connectivity index (χ4v) is 4.72. The summed E-state index contributed by atoms with van der Waals surface area (Å²) in [4.78, 5) is 2.47. The molecule has 2 aliphatic rings. The third-order valence-electron chi connectivity index (χ3n) is 5.89. The molecule has 2 nitrogen and oxygen atoms in total. The van der Waals surface area contributed by atoms with Crippen LogP contribution >= 0.6 is 12.4 Å². The second kappa shape index (κ2) is 7.35. The molecule has 4 heteroatoms. The Bertz CT molecular complexity index is 750. The van der Waals surface area contributed by atoms with Gasteiger partial charge in [-0.3, -0.25) is 0 Å². The van der Waals surface area contributed by atoms with Gasteiger partial charge < -0.3 is 9.64 Å². The molecule has 1 aliphatic heterocycles. The third kappa shape index (κ3) is 3.40. The lowest BCUT2D eigenvalue weighted by Gasteiger charge is -2.31. The Morgan fingerprint density at radius 1 is 1.20 bits per heavy atom. The zero-order valence-corrected chi connectivity index (χ0v) is 15.6. The van der Waals surface area contributed by atoms with Crippen molar-refractivity contribution in [1.82, 2.24) is 4.90 Å². The van der Waals surface area contributed by atoms with Gasteiger partial charge in [-0.15, -0.1) is 12.4 Å². The van der Waals surface area contributed by atoms with Gasteiger partial charge in [0.05, 0.1) is 7.11 Å². The Kier molecular flexibility index (Phi) is 5.35. The quantitative estimate of drug-likeness (QED) is 0.800. The van der Waals surface area contributed by atoms with Crippen LogP contribution in [0.25, 0.3) is 0 Å². The number of benzene rings is 2. The molecule has 25 heavy (non-hydrogen) atoms. The first-order valence-electron chi connectivity index (χ1n) is 8.77. The summed E-state index contributed by atoms with van der Waals surface area (Å²) in [7, 11) is 3.94. The average molecular weight is 362 g/mol. The average Bonchev–Trinajstić information content (AvgIpc) is 2.90. The smallest absolute Gasteiger partial charge is 0.123 e. The fraction of sp³-hybridized carbons (Fsp3) is 0.429. The minimum Gasteiger partial charge on any atom is -0.497 e. The minimum absolute atomic E-state index is 0. The lowest BCUT2D eigenvalue weighted by molar-refractivity contribution is 0.259. The van der Waals surface area contributed by atoms with Gasteiger partial charge in [0.2, 0.25) is 0 Å². The molecule has 3 atom stereocenters. The summed E-state index contributed by atoms with van der Waals surface area (Å²) < 4.78 is 18.9. The number of likely N-dealkylation sites (N-methyl/N-ethyl adjacent to an activating group) is 1. The molecule has 0 aromatic heterocycles. The van der Waals surface area contributed by atoms with Crippen molar-refractivity contribution in [3.05, 3.63) is 65.0 Å². The van der Waals surface area contributed by atoms with Gasteiger partial charge in [0, 0.05) is 18.5 Å². The number of hydrogen-bond donors (Lipinski definition) is 0. The Morgan fingerprint density at radius 3 is 2.80 bits per heavy atom. The van der Waals surface area contributed by atoms with E-state index in [0.29, 0.717) is 17.9 Å². The van der Waals surface area contributed by atoms with Crippen molar-refractivity contribution in [2.75, 3.05) is 20.7 Å². The monoisotopic (exact) mass is 361 g/mol. The molecular formula is C21H25ClFNO. The van der Waals surface area contributed by atoms with Gasteiger partial charge in [0.25, 0.3) is 0 Å². The highest BCUT2D eigenvalue weighted by Gasteiger charge is 2.43. The molecule has 2 aromatic carbocycles. The van der Waals surface area contributed by atoms with Crippen LogP contribution in [0.3, 0.4) is 0 Å². The molecule has 1 saturated heterocycles. The van der Waals surface area contributed by atoms with Crippen LogP contribution in [0.4, 0.5) is 4.39 Å². The summed E-state index contributed by atoms with van der Waals surface area (Å²) in [6.07, 6.45) is 3.25. The van der Waals surface area contributed by atoms with E-state index in [-0.39, 0.29) is 18.2 Å². The fourth-order valence-electron chi connectivity index (χ4n) is 4.72. The summed E-state index contributed by atoms with van der Waals surface area (Å²) >= 11 is 0. The van der Waals surface area contributed by atoms with Crippen molar-refractivity contribution in [2.24, 2.45) is 5.92 Å². The van der Waals surface area contributed by atoms with Crippen molar-refractivity contribution in [3.8, 4) is 5.75 Å². The van der Waals surface area contributed by atoms with E-state index >= 15 is 0 Å². The molecular weight excluding hydrogens is 337 g/mol. The maximum absolute atomic E-state index is 13.5. The number of fused-ring (bicyclic) bond motifs is 3. The minimum atomic E-state index is -0.134. The van der Waals surface area contributed by atoms with Crippen LogP contribution in [-0.2, 0) is 12.8 Å². The van der Waals surface area contributed by atoms with Crippen LogP contribution in [0, 0.1) is 11.7 Å². The van der Waals surface area contributed by atoms with Gasteiger partial charge in [-0.05, 0) is 73.2 Å². The summed E-state index contributed by atoms with van der Waals surface area (Å²) in [6, 6.07) is 14.1. The second-order valence-corrected chi connectivity index (χ2v) is 7.21. The molecule has 1 fully saturated rings. The van der Waals surface area contributed by atoms with Crippen molar-refractivity contribution in [1.29, 1.82) is 0 Å². The Hall–Kier alpha value is -1.58. The molecule has 134 valence electrons. The number of rotatable bonds is 3. The van der Waals surface area contributed by atoms with Gasteiger partial charge in [0.15, 0.2) is 0 Å². The molecule has 1 heterocycles. The van der Waals surface area contributed by atoms with E-state index in [1.165, 1.54) is 23.6 Å². The van der Waals surface area contributed by atoms with Gasteiger partial charge in [0.1, 0.15) is 11.6 Å². The number of halogens is 2. The van der Waals surface area contributed by atoms with Crippen LogP contribution in [0.1, 0.15) is 29.0 Å². The lowest BCUT2D eigenvalue weighted by Crippen LogP contribution is -2.32. The Labute approximate surface area is 155 Å². The van der Waals surface area contributed by atoms with Crippen molar-refractivity contribution >= 4 is 12.4 Å². The molecule has 0 spiro atoms. The molecule has 1 unspecified atom stereocenters. The second-order valence-electron chi connectivity index (χ2n) is 7.21. The van der Waals surface area contributed by atoms with Gasteiger partial charge >= 0.3 is 0 Å². The summed E-state index contributed by atoms with van der Waals surface area (Å²) in [5, 5.41) is 0. The lowest BCUT2D eigenvalue weighted by atomic mass is 9.73. The Morgan fingerprint density at radius 2 is 2.04 bits per heavy atom. The standard InChI is InChI=1S/C21H24FNO.ClH/c1-23-13-20-18-9-7-17(24-2)12-15(18)6-8-19(20)21(23)11-14-4-3-5-16(22)10-14;/h3-5,7,9-10,12,19-21H,6,8,11,13H2,1-2H3;1H/t19?,20-,21-;/m1./s1. The molecule has 0 radical (unpaired) electrons. The zero-order chi connectivity index (χ0) is 16.7. The van der Waals surface area contributed by atoms with Gasteiger partial charge in [-0.25, -0.2) is 4.39 Å². The van der Waals surface area contributed by atoms with Gasteiger partial charge in [-0.1, -0.05) is 18.2 Å². The number of nitrogens with zero attached hydrogens (tertiary/aromatic N) is 1. The zero-order valence-electron chi connectivity index (χ0n) is 14.7. The van der Waals surface area contributed by atoms with Crippen LogP contribution in [-0.4, -0.2) is 31.6 Å². The molecule has 4 rings (SSSR count). The summed E-state index contributed by atoms with van der Waals surface area (Å²) in [6.45, 7) is 1.09. The van der Waals surface area contributed by atoms with Crippen LogP contribution in [0.2, 0.25) is 0 Å². The van der Waals surface area contributed by atoms with Crippen LogP contribution in [0.15, 0.2) is 42.5 Å². The predicted octanol–water partition coefficient (Wildman–Crippen LogP) is 4.46. The van der Waals surface area contributed by atoms with E-state index in [1.54, 1.807) is 13.2 Å². The first-order chi connectivity index (χ1) is 11.7. The highest BCUT2D eigenvalue weighted by molar-refractivity contribution is 5.85. The topological polar surface area (TPSA) is 12.5 Å². The maximum atomic E-state index is 13.5. The van der Waals surface area contributed by atoms with E-state index < -0.39 is 0 Å². The third-order valence-corrected chi connectivity index (χ3v) is 5.89. The molecule has 0 N–H and O–H groups in total. The molecule has 1 aliphatic carbocycles.